The van der Waals surface area contributed by atoms with Gasteiger partial charge in [-0.05, 0) is 49.6 Å². The number of carbonyl (C=O) groups is 2. The van der Waals surface area contributed by atoms with Gasteiger partial charge < -0.3 is 20.5 Å². The van der Waals surface area contributed by atoms with Crippen LogP contribution in [0, 0.1) is 13.8 Å². The number of aliphatic carboxylic acids is 1. The predicted molar refractivity (Wildman–Crippen MR) is 90.8 cm³/mol. The number of aromatic amines is 1. The van der Waals surface area contributed by atoms with E-state index in [1.165, 1.54) is 12.1 Å². The molecule has 0 unspecified atom stereocenters. The lowest BCUT2D eigenvalue weighted by atomic mass is 10.0. The molecule has 24 heavy (non-hydrogen) atoms. The predicted octanol–water partition coefficient (Wildman–Crippen LogP) is 2.85. The molecule has 4 N–H and O–H groups in total. The number of carboxylic acid groups (broad SMARTS) is 1. The number of carboxylic acids is 1. The van der Waals surface area contributed by atoms with Gasteiger partial charge in [-0.15, -0.1) is 0 Å². The lowest BCUT2D eigenvalue weighted by Gasteiger charge is -2.01. The van der Waals surface area contributed by atoms with Crippen molar-refractivity contribution in [2.75, 3.05) is 5.32 Å². The van der Waals surface area contributed by atoms with Crippen molar-refractivity contribution in [3.05, 3.63) is 46.3 Å². The van der Waals surface area contributed by atoms with E-state index in [9.17, 15) is 14.7 Å². The maximum atomic E-state index is 12.2. The lowest BCUT2D eigenvalue weighted by molar-refractivity contribution is -0.137. The first kappa shape index (κ1) is 15.9. The van der Waals surface area contributed by atoms with Crippen molar-refractivity contribution in [2.24, 2.45) is 0 Å². The molecule has 1 aromatic carbocycles. The molecule has 0 atom stereocenters. The van der Waals surface area contributed by atoms with Crippen molar-refractivity contribution >= 4 is 29.2 Å². The van der Waals surface area contributed by atoms with Crippen LogP contribution in [0.4, 0.5) is 5.69 Å². The van der Waals surface area contributed by atoms with Crippen molar-refractivity contribution in [2.45, 2.75) is 26.7 Å². The fourth-order valence-electron chi connectivity index (χ4n) is 3.04. The number of phenols is 1. The minimum absolute atomic E-state index is 0.0676. The Kier molecular flexibility index (Phi) is 3.89. The van der Waals surface area contributed by atoms with E-state index in [1.54, 1.807) is 12.1 Å². The first-order chi connectivity index (χ1) is 11.4. The Morgan fingerprint density at radius 3 is 2.75 bits per heavy atom. The number of rotatable bonds is 4. The maximum Gasteiger partial charge on any atom is 0.303 e. The average Bonchev–Trinajstić information content (AvgIpc) is 2.94. The van der Waals surface area contributed by atoms with E-state index < -0.39 is 5.97 Å². The number of phenolic OH excluding ortho intramolecular Hbond substituents is 1. The van der Waals surface area contributed by atoms with Crippen molar-refractivity contribution in [1.82, 2.24) is 4.98 Å². The molecule has 2 aromatic rings. The second-order valence-electron chi connectivity index (χ2n) is 5.90. The van der Waals surface area contributed by atoms with Crippen molar-refractivity contribution in [1.29, 1.82) is 0 Å². The number of aryl methyl sites for hydroxylation is 1. The third-order valence-corrected chi connectivity index (χ3v) is 4.30. The van der Waals surface area contributed by atoms with Gasteiger partial charge in [-0.2, -0.15) is 0 Å². The Morgan fingerprint density at radius 1 is 1.29 bits per heavy atom. The molecule has 3 rings (SSSR count). The van der Waals surface area contributed by atoms with Crippen LogP contribution in [0.15, 0.2) is 18.2 Å². The van der Waals surface area contributed by atoms with E-state index in [-0.39, 0.29) is 18.1 Å². The number of H-pyrrole nitrogens is 1. The summed E-state index contributed by atoms with van der Waals surface area (Å²) in [6.07, 6.45) is 2.28. The largest absolute Gasteiger partial charge is 0.508 e. The van der Waals surface area contributed by atoms with Crippen LogP contribution in [0.1, 0.15) is 34.5 Å². The van der Waals surface area contributed by atoms with E-state index in [4.69, 9.17) is 5.11 Å². The average molecular weight is 326 g/mol. The smallest absolute Gasteiger partial charge is 0.303 e. The molecule has 124 valence electrons. The van der Waals surface area contributed by atoms with E-state index >= 15 is 0 Å². The summed E-state index contributed by atoms with van der Waals surface area (Å²) in [5.41, 5.74) is 5.44. The van der Waals surface area contributed by atoms with Gasteiger partial charge in [-0.1, -0.05) is 0 Å². The molecule has 6 heteroatoms. The molecule has 1 aliphatic heterocycles. The summed E-state index contributed by atoms with van der Waals surface area (Å²) in [6.45, 7) is 3.81. The Bertz CT molecular complexity index is 877. The van der Waals surface area contributed by atoms with E-state index in [0.29, 0.717) is 17.7 Å². The number of aromatic nitrogens is 1. The second-order valence-corrected chi connectivity index (χ2v) is 5.90. The van der Waals surface area contributed by atoms with Crippen LogP contribution >= 0.6 is 0 Å². The van der Waals surface area contributed by atoms with Crippen LogP contribution in [0.5, 0.6) is 5.75 Å². The molecule has 0 spiro atoms. The number of fused-ring (bicyclic) bond motifs is 1. The van der Waals surface area contributed by atoms with Gasteiger partial charge in [0.2, 0.25) is 0 Å². The van der Waals surface area contributed by atoms with Crippen molar-refractivity contribution < 1.29 is 19.8 Å². The minimum atomic E-state index is -0.834. The second kappa shape index (κ2) is 5.88. The quantitative estimate of drug-likeness (QED) is 0.649. The number of nitrogens with one attached hydrogen (secondary N) is 2. The molecule has 0 fully saturated rings. The molecule has 6 nitrogen and oxygen atoms in total. The van der Waals surface area contributed by atoms with Crippen LogP contribution < -0.4 is 5.32 Å². The molecule has 0 radical (unpaired) electrons. The Hall–Kier alpha value is -3.02. The molecule has 1 amide bonds. The highest BCUT2D eigenvalue weighted by Crippen LogP contribution is 2.36. The number of amides is 1. The lowest BCUT2D eigenvalue weighted by Crippen LogP contribution is -2.03. The summed E-state index contributed by atoms with van der Waals surface area (Å²) in [4.78, 5) is 26.2. The first-order valence-corrected chi connectivity index (χ1v) is 7.63. The number of carbonyl (C=O) groups excluding carboxylic acids is 1. The van der Waals surface area contributed by atoms with Gasteiger partial charge in [-0.25, -0.2) is 0 Å². The van der Waals surface area contributed by atoms with Gasteiger partial charge in [0, 0.05) is 29.4 Å². The van der Waals surface area contributed by atoms with Gasteiger partial charge in [0.25, 0.3) is 5.91 Å². The highest BCUT2D eigenvalue weighted by atomic mass is 16.4. The topological polar surface area (TPSA) is 102 Å². The van der Waals surface area contributed by atoms with Gasteiger partial charge in [0.05, 0.1) is 11.3 Å². The highest BCUT2D eigenvalue weighted by Gasteiger charge is 2.25. The summed E-state index contributed by atoms with van der Waals surface area (Å²) in [6, 6.07) is 4.75. The highest BCUT2D eigenvalue weighted by molar-refractivity contribution is 6.35. The van der Waals surface area contributed by atoms with Crippen LogP contribution in [0.3, 0.4) is 0 Å². The molecule has 0 saturated carbocycles. The summed E-state index contributed by atoms with van der Waals surface area (Å²) in [5, 5.41) is 21.1. The molecule has 1 aliphatic rings. The zero-order chi connectivity index (χ0) is 17.4. The van der Waals surface area contributed by atoms with Crippen molar-refractivity contribution in [3.8, 4) is 5.75 Å². The first-order valence-electron chi connectivity index (χ1n) is 7.63. The van der Waals surface area contributed by atoms with Gasteiger partial charge in [0.15, 0.2) is 0 Å². The summed E-state index contributed by atoms with van der Waals surface area (Å²) in [5.74, 6) is -0.966. The number of anilines is 1. The molecule has 0 bridgehead atoms. The molecular weight excluding hydrogens is 308 g/mol. The number of aromatic hydroxyl groups is 1. The minimum Gasteiger partial charge on any atom is -0.508 e. The normalized spacial score (nSPS) is 14.8. The number of benzene rings is 1. The van der Waals surface area contributed by atoms with Crippen LogP contribution in [-0.4, -0.2) is 27.1 Å². The Balaban J connectivity index is 1.99. The zero-order valence-corrected chi connectivity index (χ0v) is 13.4. The molecule has 1 aromatic heterocycles. The molecule has 0 saturated heterocycles. The zero-order valence-electron chi connectivity index (χ0n) is 13.4. The summed E-state index contributed by atoms with van der Waals surface area (Å²) >= 11 is 0. The van der Waals surface area contributed by atoms with Crippen molar-refractivity contribution in [3.63, 3.8) is 0 Å². The Morgan fingerprint density at radius 2 is 2.04 bits per heavy atom. The van der Waals surface area contributed by atoms with Gasteiger partial charge in [0.1, 0.15) is 5.75 Å². The number of hydrogen-bond donors (Lipinski definition) is 4. The van der Waals surface area contributed by atoms with E-state index in [0.717, 1.165) is 28.1 Å². The fraction of sp³-hybridized carbons (Fsp3) is 0.222. The van der Waals surface area contributed by atoms with Crippen LogP contribution in [-0.2, 0) is 16.0 Å². The number of hydrogen-bond acceptors (Lipinski definition) is 3. The van der Waals surface area contributed by atoms with E-state index in [2.05, 4.69) is 10.3 Å². The maximum absolute atomic E-state index is 12.2. The third-order valence-electron chi connectivity index (χ3n) is 4.30. The monoisotopic (exact) mass is 326 g/mol. The third kappa shape index (κ3) is 2.78. The molecular formula is C18H18N2O4. The summed E-state index contributed by atoms with van der Waals surface area (Å²) in [7, 11) is 0. The SMILES string of the molecule is Cc1[nH]c(C=C2C(=O)Nc3cc(O)ccc32)c(C)c1CCC(=O)O. The Labute approximate surface area is 138 Å². The van der Waals surface area contributed by atoms with Gasteiger partial charge >= 0.3 is 5.97 Å². The van der Waals surface area contributed by atoms with E-state index in [1.807, 2.05) is 13.8 Å². The molecule has 2 heterocycles. The standard InChI is InChI=1S/C18H18N2O4/c1-9-12(5-6-17(22)23)10(2)19-15(9)8-14-13-4-3-11(21)7-16(13)20-18(14)24/h3-4,7-8,19,21H,5-6H2,1-2H3,(H,20,24)(H,22,23). The van der Waals surface area contributed by atoms with Crippen LogP contribution in [0.25, 0.3) is 11.6 Å². The van der Waals surface area contributed by atoms with Crippen LogP contribution in [0.2, 0.25) is 0 Å². The summed E-state index contributed by atoms with van der Waals surface area (Å²) < 4.78 is 0. The fourth-order valence-corrected chi connectivity index (χ4v) is 3.04. The molecule has 0 aliphatic carbocycles. The van der Waals surface area contributed by atoms with Gasteiger partial charge in [-0.3, -0.25) is 9.59 Å².